The Bertz CT molecular complexity index is 856. The first-order chi connectivity index (χ1) is 14.0. The zero-order valence-electron chi connectivity index (χ0n) is 17.6. The zero-order chi connectivity index (χ0) is 20.4. The Balaban J connectivity index is 1.59. The van der Waals surface area contributed by atoms with Gasteiger partial charge in [-0.15, -0.1) is 0 Å². The van der Waals surface area contributed by atoms with E-state index in [1.54, 1.807) is 14.0 Å². The number of rotatable bonds is 5. The maximum Gasteiger partial charge on any atom is 0.217 e. The van der Waals surface area contributed by atoms with Crippen LogP contribution in [0.25, 0.3) is 11.3 Å². The lowest BCUT2D eigenvalue weighted by atomic mass is 9.84. The summed E-state index contributed by atoms with van der Waals surface area (Å²) < 4.78 is 5.39. The number of benzene rings is 1. The van der Waals surface area contributed by atoms with Crippen molar-refractivity contribution in [1.29, 1.82) is 0 Å². The summed E-state index contributed by atoms with van der Waals surface area (Å²) in [5.41, 5.74) is 3.43. The monoisotopic (exact) mass is 397 g/mol. The van der Waals surface area contributed by atoms with E-state index in [4.69, 9.17) is 4.74 Å². The quantitative estimate of drug-likeness (QED) is 0.810. The number of aromatic amines is 1. The van der Waals surface area contributed by atoms with Gasteiger partial charge in [0.15, 0.2) is 0 Å². The molecule has 1 spiro atoms. The second-order valence-corrected chi connectivity index (χ2v) is 8.51. The van der Waals surface area contributed by atoms with Crippen molar-refractivity contribution in [3.05, 3.63) is 36.0 Å². The predicted molar refractivity (Wildman–Crippen MR) is 113 cm³/mol. The number of aromatic nitrogens is 2. The van der Waals surface area contributed by atoms with E-state index in [1.165, 1.54) is 5.56 Å². The molecular formula is C22H31N5O2. The van der Waals surface area contributed by atoms with Crippen LogP contribution in [0.4, 0.5) is 0 Å². The van der Waals surface area contributed by atoms with E-state index in [0.717, 1.165) is 62.4 Å². The highest BCUT2D eigenvalue weighted by atomic mass is 16.5. The average molecular weight is 398 g/mol. The number of carbonyl (C=O) groups is 1. The molecular weight excluding hydrogens is 366 g/mol. The summed E-state index contributed by atoms with van der Waals surface area (Å²) in [6, 6.07) is 8.27. The number of nitrogens with one attached hydrogen (secondary N) is 2. The Morgan fingerprint density at radius 3 is 2.90 bits per heavy atom. The molecule has 2 aromatic rings. The second kappa shape index (κ2) is 8.16. The van der Waals surface area contributed by atoms with Crippen molar-refractivity contribution in [3.63, 3.8) is 0 Å². The molecule has 4 rings (SSSR count). The van der Waals surface area contributed by atoms with Gasteiger partial charge < -0.3 is 15.0 Å². The molecule has 2 saturated heterocycles. The van der Waals surface area contributed by atoms with Gasteiger partial charge in [-0.3, -0.25) is 14.8 Å². The van der Waals surface area contributed by atoms with Crippen LogP contribution in [0.15, 0.2) is 30.5 Å². The minimum absolute atomic E-state index is 0.0558. The third-order valence-electron chi connectivity index (χ3n) is 6.50. The first kappa shape index (κ1) is 19.9. The molecule has 1 atom stereocenters. The molecule has 1 aromatic heterocycles. The second-order valence-electron chi connectivity index (χ2n) is 8.51. The summed E-state index contributed by atoms with van der Waals surface area (Å²) in [6.45, 7) is 5.50. The lowest BCUT2D eigenvalue weighted by Gasteiger charge is -2.44. The number of ether oxygens (including phenoxy) is 1. The fraction of sp³-hybridized carbons (Fsp3) is 0.545. The summed E-state index contributed by atoms with van der Waals surface area (Å²) >= 11 is 0. The summed E-state index contributed by atoms with van der Waals surface area (Å²) in [5, 5.41) is 10.7. The summed E-state index contributed by atoms with van der Waals surface area (Å²) in [5.74, 6) is 0.891. The van der Waals surface area contributed by atoms with E-state index in [0.29, 0.717) is 0 Å². The Morgan fingerprint density at radius 1 is 1.38 bits per heavy atom. The van der Waals surface area contributed by atoms with Gasteiger partial charge in [-0.1, -0.05) is 12.1 Å². The lowest BCUT2D eigenvalue weighted by molar-refractivity contribution is -0.119. The molecule has 1 aromatic carbocycles. The first-order valence-corrected chi connectivity index (χ1v) is 10.4. The molecule has 2 aliphatic heterocycles. The average Bonchev–Trinajstić information content (AvgIpc) is 3.29. The molecule has 1 unspecified atom stereocenters. The van der Waals surface area contributed by atoms with E-state index in [-0.39, 0.29) is 17.5 Å². The van der Waals surface area contributed by atoms with E-state index < -0.39 is 0 Å². The highest BCUT2D eigenvalue weighted by Crippen LogP contribution is 2.40. The molecule has 156 valence electrons. The van der Waals surface area contributed by atoms with Crippen molar-refractivity contribution in [2.45, 2.75) is 44.3 Å². The van der Waals surface area contributed by atoms with Crippen molar-refractivity contribution >= 4 is 5.91 Å². The Hall–Kier alpha value is -2.38. The number of methoxy groups -OCH3 is 1. The molecule has 0 aliphatic carbocycles. The molecule has 0 bridgehead atoms. The number of nitrogens with zero attached hydrogens (tertiary/aromatic N) is 3. The number of amides is 1. The Kier molecular flexibility index (Phi) is 5.61. The smallest absolute Gasteiger partial charge is 0.217 e. The molecule has 7 heteroatoms. The summed E-state index contributed by atoms with van der Waals surface area (Å²) in [6.07, 6.45) is 5.22. The molecule has 2 aliphatic rings. The Labute approximate surface area is 172 Å². The van der Waals surface area contributed by atoms with Gasteiger partial charge in [-0.25, -0.2) is 0 Å². The van der Waals surface area contributed by atoms with Crippen molar-refractivity contribution in [2.24, 2.45) is 0 Å². The molecule has 1 amide bonds. The molecule has 2 fully saturated rings. The van der Waals surface area contributed by atoms with Crippen LogP contribution in [0.1, 0.15) is 31.7 Å². The van der Waals surface area contributed by atoms with Gasteiger partial charge in [-0.2, -0.15) is 5.10 Å². The molecule has 0 radical (unpaired) electrons. The molecule has 7 nitrogen and oxygen atoms in total. The van der Waals surface area contributed by atoms with E-state index in [2.05, 4.69) is 38.4 Å². The predicted octanol–water partition coefficient (Wildman–Crippen LogP) is 2.26. The van der Waals surface area contributed by atoms with E-state index >= 15 is 0 Å². The maximum atomic E-state index is 11.7. The minimum atomic E-state index is 0.0558. The van der Waals surface area contributed by atoms with Gasteiger partial charge in [0.25, 0.3) is 0 Å². The third kappa shape index (κ3) is 4.16. The topological polar surface area (TPSA) is 73.5 Å². The molecule has 3 heterocycles. The van der Waals surface area contributed by atoms with Gasteiger partial charge in [0.1, 0.15) is 5.75 Å². The maximum absolute atomic E-state index is 11.7. The van der Waals surface area contributed by atoms with Gasteiger partial charge in [0, 0.05) is 42.7 Å². The summed E-state index contributed by atoms with van der Waals surface area (Å²) in [7, 11) is 3.87. The van der Waals surface area contributed by atoms with Crippen molar-refractivity contribution in [3.8, 4) is 17.0 Å². The van der Waals surface area contributed by atoms with Crippen LogP contribution in [0, 0.1) is 0 Å². The zero-order valence-corrected chi connectivity index (χ0v) is 17.6. The number of likely N-dealkylation sites (tertiary alicyclic amines) is 2. The van der Waals surface area contributed by atoms with Crippen LogP contribution in [-0.2, 0) is 11.3 Å². The van der Waals surface area contributed by atoms with Crippen molar-refractivity contribution < 1.29 is 9.53 Å². The number of hydrogen-bond acceptors (Lipinski definition) is 5. The highest BCUT2D eigenvalue weighted by Gasteiger charge is 2.47. The molecule has 0 saturated carbocycles. The molecule has 29 heavy (non-hydrogen) atoms. The van der Waals surface area contributed by atoms with E-state index in [9.17, 15) is 4.79 Å². The Morgan fingerprint density at radius 2 is 2.17 bits per heavy atom. The fourth-order valence-electron chi connectivity index (χ4n) is 4.95. The number of carbonyl (C=O) groups excluding carboxylic acids is 1. The van der Waals surface area contributed by atoms with Crippen LogP contribution < -0.4 is 10.1 Å². The normalized spacial score (nSPS) is 22.1. The number of H-pyrrole nitrogens is 1. The van der Waals surface area contributed by atoms with Crippen LogP contribution in [0.3, 0.4) is 0 Å². The fourth-order valence-corrected chi connectivity index (χ4v) is 4.95. The van der Waals surface area contributed by atoms with Crippen LogP contribution in [0.2, 0.25) is 0 Å². The van der Waals surface area contributed by atoms with Crippen LogP contribution in [0.5, 0.6) is 5.75 Å². The number of hydrogen-bond donors (Lipinski definition) is 2. The van der Waals surface area contributed by atoms with Gasteiger partial charge in [-0.05, 0) is 51.5 Å². The van der Waals surface area contributed by atoms with Crippen LogP contribution >= 0.6 is 0 Å². The lowest BCUT2D eigenvalue weighted by Crippen LogP contribution is -2.50. The molecule has 2 N–H and O–H groups in total. The van der Waals surface area contributed by atoms with Gasteiger partial charge in [0.05, 0.1) is 19.0 Å². The highest BCUT2D eigenvalue weighted by molar-refractivity contribution is 5.73. The first-order valence-electron chi connectivity index (χ1n) is 10.4. The van der Waals surface area contributed by atoms with Gasteiger partial charge >= 0.3 is 0 Å². The minimum Gasteiger partial charge on any atom is -0.497 e. The largest absolute Gasteiger partial charge is 0.497 e. The standard InChI is InChI=1S/C22H31N5O2/c1-16(28)24-19-12-22(7-9-26(2)10-8-22)27(15-19)14-18-13-23-25-21(18)17-5-4-6-20(11-17)29-3/h4-6,11,13,19H,7-10,12,14-15H2,1-3H3,(H,23,25)(H,24,28). The SMILES string of the molecule is COc1cccc(-c2[nH]ncc2CN2CC(NC(C)=O)CC23CCN(C)CC3)c1. The van der Waals surface area contributed by atoms with E-state index in [1.807, 2.05) is 24.4 Å². The van der Waals surface area contributed by atoms with Gasteiger partial charge in [0.2, 0.25) is 5.91 Å². The summed E-state index contributed by atoms with van der Waals surface area (Å²) in [4.78, 5) is 16.7. The van der Waals surface area contributed by atoms with Crippen LogP contribution in [-0.4, -0.2) is 71.3 Å². The third-order valence-corrected chi connectivity index (χ3v) is 6.50. The van der Waals surface area contributed by atoms with Crippen molar-refractivity contribution in [1.82, 2.24) is 25.3 Å². The van der Waals surface area contributed by atoms with Crippen molar-refractivity contribution in [2.75, 3.05) is 33.8 Å². The number of piperidine rings is 1.